The molecule has 1 heterocycles. The number of carbonyl (C=O) groups excluding carboxylic acids is 1. The number of aliphatic hydroxyl groups is 1. The highest BCUT2D eigenvalue weighted by molar-refractivity contribution is 6.11. The van der Waals surface area contributed by atoms with Crippen LogP contribution in [0.3, 0.4) is 0 Å². The molecule has 0 saturated carbocycles. The lowest BCUT2D eigenvalue weighted by Crippen LogP contribution is -2.47. The van der Waals surface area contributed by atoms with Gasteiger partial charge in [0.15, 0.2) is 5.75 Å². The quantitative estimate of drug-likeness (QED) is 0.220. The van der Waals surface area contributed by atoms with Crippen molar-refractivity contribution in [1.29, 1.82) is 0 Å². The number of nitrogens with two attached hydrogens (primary N) is 1. The predicted molar refractivity (Wildman–Crippen MR) is 163 cm³/mol. The number of piperazine rings is 1. The molecule has 46 heavy (non-hydrogen) atoms. The lowest BCUT2D eigenvalue weighted by molar-refractivity contribution is -0.143. The highest BCUT2D eigenvalue weighted by atomic mass is 19.4. The van der Waals surface area contributed by atoms with Crippen LogP contribution in [0.5, 0.6) is 5.75 Å². The van der Waals surface area contributed by atoms with Crippen molar-refractivity contribution in [3.05, 3.63) is 58.7 Å². The molecule has 258 valence electrons. The molecular formula is C31H42F7N5O3. The number of carbonyl (C=O) groups is 1. The van der Waals surface area contributed by atoms with E-state index in [1.54, 1.807) is 13.8 Å². The van der Waals surface area contributed by atoms with E-state index in [4.69, 9.17) is 15.6 Å². The standard InChI is InChI=1S/C29H36F7N5O3.C2H6/c1-19(2)41(23-5-3-22(30)4-6-23)27(43)44-26-24(15-21(28(31,32)33)16-25(26)29(34,35)36)20(17-37)18-38-7-8-39-9-11-40(12-10-39)13-14-42;1-2/h3,5,15-19,42H,4,6-14,37H2,1-2H3;1-2H3/b20-17+,38-18?;. The van der Waals surface area contributed by atoms with Gasteiger partial charge in [0.25, 0.3) is 0 Å². The number of alkyl halides is 6. The Morgan fingerprint density at radius 1 is 1.02 bits per heavy atom. The van der Waals surface area contributed by atoms with Crippen molar-refractivity contribution < 1.29 is 45.4 Å². The molecule has 2 aliphatic rings. The van der Waals surface area contributed by atoms with Gasteiger partial charge in [-0.05, 0) is 44.6 Å². The second kappa shape index (κ2) is 17.5. The predicted octanol–water partition coefficient (Wildman–Crippen LogP) is 6.47. The Balaban J connectivity index is 0.00000361. The van der Waals surface area contributed by atoms with E-state index in [-0.39, 0.29) is 43.3 Å². The van der Waals surface area contributed by atoms with Crippen molar-refractivity contribution in [3.8, 4) is 5.75 Å². The van der Waals surface area contributed by atoms with Crippen LogP contribution in [0.25, 0.3) is 5.57 Å². The Hall–Kier alpha value is -3.43. The van der Waals surface area contributed by atoms with Crippen LogP contribution in [-0.2, 0) is 12.4 Å². The number of aliphatic imine (C=N–C) groups is 1. The van der Waals surface area contributed by atoms with Crippen LogP contribution in [-0.4, -0.2) is 90.6 Å². The Morgan fingerprint density at radius 3 is 2.11 bits per heavy atom. The summed E-state index contributed by atoms with van der Waals surface area (Å²) in [5.74, 6) is -1.61. The average Bonchev–Trinajstić information content (AvgIpc) is 2.99. The maximum atomic E-state index is 14.2. The molecule has 0 unspecified atom stereocenters. The number of halogens is 7. The van der Waals surface area contributed by atoms with Crippen molar-refractivity contribution in [1.82, 2.24) is 14.7 Å². The molecule has 3 N–H and O–H groups in total. The SMILES string of the molecule is CC.CC(C)N(C(=O)Oc1c(/C(C=NCCN2CCN(CCO)CC2)=C/N)cc(C(F)(F)F)cc1C(F)(F)F)C1=CC=C(F)CC1. The Morgan fingerprint density at radius 2 is 1.63 bits per heavy atom. The number of nitrogens with zero attached hydrogens (tertiary/aromatic N) is 4. The molecule has 8 nitrogen and oxygen atoms in total. The molecule has 1 saturated heterocycles. The van der Waals surface area contributed by atoms with Gasteiger partial charge >= 0.3 is 18.4 Å². The fourth-order valence-corrected chi connectivity index (χ4v) is 4.87. The van der Waals surface area contributed by atoms with Gasteiger partial charge in [0.2, 0.25) is 0 Å². The number of benzene rings is 1. The molecule has 15 heteroatoms. The third kappa shape index (κ3) is 10.8. The van der Waals surface area contributed by atoms with Crippen molar-refractivity contribution in [2.75, 3.05) is 52.4 Å². The second-order valence-corrected chi connectivity index (χ2v) is 10.6. The number of hydrogen-bond donors (Lipinski definition) is 2. The normalized spacial score (nSPS) is 17.0. The summed E-state index contributed by atoms with van der Waals surface area (Å²) in [6.07, 6.45) is -7.54. The Labute approximate surface area is 264 Å². The monoisotopic (exact) mass is 665 g/mol. The van der Waals surface area contributed by atoms with Gasteiger partial charge in [0.05, 0.1) is 24.3 Å². The summed E-state index contributed by atoms with van der Waals surface area (Å²) < 4.78 is 103. The van der Waals surface area contributed by atoms with E-state index in [2.05, 4.69) is 14.8 Å². The van der Waals surface area contributed by atoms with E-state index in [0.29, 0.717) is 32.2 Å². The van der Waals surface area contributed by atoms with Crippen molar-refractivity contribution >= 4 is 17.9 Å². The minimum absolute atomic E-state index is 0.0451. The highest BCUT2D eigenvalue weighted by Crippen LogP contribution is 2.44. The fraction of sp³-hybridized carbons (Fsp3) is 0.548. The van der Waals surface area contributed by atoms with Crippen LogP contribution in [0.1, 0.15) is 57.2 Å². The number of aliphatic hydroxyl groups excluding tert-OH is 1. The zero-order chi connectivity index (χ0) is 34.7. The van der Waals surface area contributed by atoms with Crippen molar-refractivity contribution in [3.63, 3.8) is 0 Å². The third-order valence-corrected chi connectivity index (χ3v) is 7.16. The first-order valence-electron chi connectivity index (χ1n) is 15.0. The number of β-amino-alcohol motifs (C(OH)–C–C–N with tert-alkyl or cyclic N) is 1. The van der Waals surface area contributed by atoms with Crippen molar-refractivity contribution in [2.24, 2.45) is 10.7 Å². The van der Waals surface area contributed by atoms with E-state index >= 15 is 0 Å². The molecule has 0 spiro atoms. The van der Waals surface area contributed by atoms with E-state index < -0.39 is 52.8 Å². The maximum Gasteiger partial charge on any atom is 0.420 e. The smallest absolute Gasteiger partial charge is 0.409 e. The number of ether oxygens (including phenoxy) is 1. The van der Waals surface area contributed by atoms with Crippen LogP contribution < -0.4 is 10.5 Å². The van der Waals surface area contributed by atoms with Gasteiger partial charge in [-0.2, -0.15) is 26.3 Å². The van der Waals surface area contributed by atoms with Crippen LogP contribution in [0.4, 0.5) is 35.5 Å². The first-order chi connectivity index (χ1) is 21.6. The van der Waals surface area contributed by atoms with Gasteiger partial charge < -0.3 is 15.6 Å². The summed E-state index contributed by atoms with van der Waals surface area (Å²) in [7, 11) is 0. The summed E-state index contributed by atoms with van der Waals surface area (Å²) in [4.78, 5) is 22.7. The molecule has 1 aromatic carbocycles. The van der Waals surface area contributed by atoms with Crippen LogP contribution in [0, 0.1) is 0 Å². The molecule has 0 bridgehead atoms. The topological polar surface area (TPSA) is 94.6 Å². The van der Waals surface area contributed by atoms with Gasteiger partial charge in [-0.3, -0.25) is 19.7 Å². The van der Waals surface area contributed by atoms with Gasteiger partial charge in [-0.25, -0.2) is 9.18 Å². The van der Waals surface area contributed by atoms with Crippen LogP contribution >= 0.6 is 0 Å². The minimum atomic E-state index is -5.35. The molecule has 1 aliphatic carbocycles. The van der Waals surface area contributed by atoms with E-state index in [1.165, 1.54) is 6.08 Å². The highest BCUT2D eigenvalue weighted by Gasteiger charge is 2.42. The number of amides is 1. The van der Waals surface area contributed by atoms with E-state index in [9.17, 15) is 35.5 Å². The van der Waals surface area contributed by atoms with Crippen LogP contribution in [0.2, 0.25) is 0 Å². The summed E-state index contributed by atoms with van der Waals surface area (Å²) in [5, 5.41) is 9.08. The largest absolute Gasteiger partial charge is 0.420 e. The van der Waals surface area contributed by atoms with Gasteiger partial charge in [0, 0.05) is 81.0 Å². The molecule has 1 aliphatic heterocycles. The zero-order valence-corrected chi connectivity index (χ0v) is 26.4. The summed E-state index contributed by atoms with van der Waals surface area (Å²) in [5.41, 5.74) is 1.45. The van der Waals surface area contributed by atoms with E-state index in [1.807, 2.05) is 13.8 Å². The minimum Gasteiger partial charge on any atom is -0.409 e. The molecule has 1 aromatic rings. The number of allylic oxidation sites excluding steroid dienone is 5. The van der Waals surface area contributed by atoms with Gasteiger partial charge in [0.1, 0.15) is 5.83 Å². The first kappa shape index (κ1) is 38.8. The summed E-state index contributed by atoms with van der Waals surface area (Å²) in [6, 6.07) is -0.334. The molecule has 1 amide bonds. The molecule has 0 radical (unpaired) electrons. The molecule has 0 atom stereocenters. The van der Waals surface area contributed by atoms with Gasteiger partial charge in [-0.15, -0.1) is 0 Å². The Kier molecular flexibility index (Phi) is 14.7. The summed E-state index contributed by atoms with van der Waals surface area (Å²) >= 11 is 0. The third-order valence-electron chi connectivity index (χ3n) is 7.16. The lowest BCUT2D eigenvalue weighted by Gasteiger charge is -2.33. The van der Waals surface area contributed by atoms with Gasteiger partial charge in [-0.1, -0.05) is 13.8 Å². The summed E-state index contributed by atoms with van der Waals surface area (Å²) in [6.45, 7) is 11.2. The fourth-order valence-electron chi connectivity index (χ4n) is 4.87. The maximum absolute atomic E-state index is 14.2. The number of rotatable bonds is 10. The molecule has 1 fully saturated rings. The average molecular weight is 666 g/mol. The number of hydrogen-bond acceptors (Lipinski definition) is 7. The van der Waals surface area contributed by atoms with Crippen LogP contribution in [0.15, 0.2) is 47.0 Å². The Bertz CT molecular complexity index is 1280. The molecule has 0 aromatic heterocycles. The second-order valence-electron chi connectivity index (χ2n) is 10.6. The molecule has 3 rings (SSSR count). The lowest BCUT2D eigenvalue weighted by atomic mass is 9.98. The van der Waals surface area contributed by atoms with E-state index in [0.717, 1.165) is 36.5 Å². The first-order valence-corrected chi connectivity index (χ1v) is 15.0. The zero-order valence-electron chi connectivity index (χ0n) is 26.4. The van der Waals surface area contributed by atoms with Crippen molar-refractivity contribution in [2.45, 2.75) is 58.9 Å². The molecular weight excluding hydrogens is 623 g/mol.